The molecule has 0 radical (unpaired) electrons. The Bertz CT molecular complexity index is 644. The summed E-state index contributed by atoms with van der Waals surface area (Å²) in [4.78, 5) is 11.8. The number of rotatable bonds is 5. The van der Waals surface area contributed by atoms with Crippen molar-refractivity contribution in [3.05, 3.63) is 53.8 Å². The number of nitrogens with two attached hydrogens (primary N) is 1. The Morgan fingerprint density at radius 3 is 2.76 bits per heavy atom. The number of hydrogen-bond acceptors (Lipinski definition) is 3. The van der Waals surface area contributed by atoms with E-state index in [1.54, 1.807) is 31.2 Å². The highest BCUT2D eigenvalue weighted by molar-refractivity contribution is 5.91. The number of halogens is 1. The first kappa shape index (κ1) is 14.8. The maximum absolute atomic E-state index is 13.4. The Hall–Kier alpha value is -2.56. The van der Waals surface area contributed by atoms with Gasteiger partial charge in [0, 0.05) is 11.3 Å². The molecule has 0 heterocycles. The van der Waals surface area contributed by atoms with Crippen LogP contribution in [0.3, 0.4) is 0 Å². The van der Waals surface area contributed by atoms with Crippen LogP contribution >= 0.6 is 0 Å². The largest absolute Gasteiger partial charge is 0.491 e. The molecular weight excluding hydrogens is 271 g/mol. The fourth-order valence-electron chi connectivity index (χ4n) is 1.82. The SMILES string of the molecule is Cc1c(F)cccc1NC(=O)CCOc1ccccc1N. The van der Waals surface area contributed by atoms with Gasteiger partial charge in [0.05, 0.1) is 18.7 Å². The molecule has 0 aliphatic carbocycles. The first-order valence-corrected chi connectivity index (χ1v) is 6.60. The number of benzene rings is 2. The lowest BCUT2D eigenvalue weighted by Crippen LogP contribution is -2.16. The zero-order valence-electron chi connectivity index (χ0n) is 11.7. The molecule has 2 rings (SSSR count). The van der Waals surface area contributed by atoms with Crippen molar-refractivity contribution >= 4 is 17.3 Å². The molecule has 0 aliphatic heterocycles. The van der Waals surface area contributed by atoms with E-state index in [1.807, 2.05) is 12.1 Å². The Kier molecular flexibility index (Phi) is 4.77. The van der Waals surface area contributed by atoms with E-state index >= 15 is 0 Å². The predicted octanol–water partition coefficient (Wildman–Crippen LogP) is 3.12. The lowest BCUT2D eigenvalue weighted by molar-refractivity contribution is -0.116. The van der Waals surface area contributed by atoms with Crippen LogP contribution in [0.4, 0.5) is 15.8 Å². The van der Waals surface area contributed by atoms with Crippen LogP contribution in [0, 0.1) is 12.7 Å². The molecule has 0 saturated carbocycles. The smallest absolute Gasteiger partial charge is 0.227 e. The normalized spacial score (nSPS) is 10.2. The van der Waals surface area contributed by atoms with Crippen molar-refractivity contribution in [2.75, 3.05) is 17.7 Å². The van der Waals surface area contributed by atoms with E-state index in [-0.39, 0.29) is 24.8 Å². The summed E-state index contributed by atoms with van der Waals surface area (Å²) in [5.74, 6) is -0.0356. The van der Waals surface area contributed by atoms with Crippen molar-refractivity contribution < 1.29 is 13.9 Å². The summed E-state index contributed by atoms with van der Waals surface area (Å²) in [6, 6.07) is 11.6. The standard InChI is InChI=1S/C16H17FN2O2/c1-11-12(17)5-4-7-14(11)19-16(20)9-10-21-15-8-3-2-6-13(15)18/h2-8H,9-10,18H2,1H3,(H,19,20). The number of nitrogens with one attached hydrogen (secondary N) is 1. The van der Waals surface area contributed by atoms with Crippen LogP contribution in [0.15, 0.2) is 42.5 Å². The van der Waals surface area contributed by atoms with Crippen molar-refractivity contribution in [2.24, 2.45) is 0 Å². The molecule has 0 saturated heterocycles. The molecule has 5 heteroatoms. The Labute approximate surface area is 122 Å². The van der Waals surface area contributed by atoms with Crippen molar-refractivity contribution in [3.63, 3.8) is 0 Å². The van der Waals surface area contributed by atoms with Crippen molar-refractivity contribution in [2.45, 2.75) is 13.3 Å². The number of amides is 1. The highest BCUT2D eigenvalue weighted by Crippen LogP contribution is 2.20. The monoisotopic (exact) mass is 288 g/mol. The van der Waals surface area contributed by atoms with Gasteiger partial charge in [0.25, 0.3) is 0 Å². The molecule has 4 nitrogen and oxygen atoms in total. The molecular formula is C16H17FN2O2. The second-order valence-electron chi connectivity index (χ2n) is 4.60. The summed E-state index contributed by atoms with van der Waals surface area (Å²) < 4.78 is 18.8. The summed E-state index contributed by atoms with van der Waals surface area (Å²) >= 11 is 0. The maximum atomic E-state index is 13.4. The van der Waals surface area contributed by atoms with Crippen molar-refractivity contribution in [1.82, 2.24) is 0 Å². The van der Waals surface area contributed by atoms with Crippen LogP contribution in [-0.2, 0) is 4.79 Å². The van der Waals surface area contributed by atoms with Gasteiger partial charge in [0.15, 0.2) is 0 Å². The summed E-state index contributed by atoms with van der Waals surface area (Å²) in [7, 11) is 0. The van der Waals surface area contributed by atoms with Gasteiger partial charge in [-0.3, -0.25) is 4.79 Å². The number of hydrogen-bond donors (Lipinski definition) is 2. The number of para-hydroxylation sites is 2. The number of ether oxygens (including phenoxy) is 1. The van der Waals surface area contributed by atoms with Crippen LogP contribution in [0.25, 0.3) is 0 Å². The molecule has 2 aromatic rings. The molecule has 0 aromatic heterocycles. The quantitative estimate of drug-likeness (QED) is 0.831. The van der Waals surface area contributed by atoms with Gasteiger partial charge in [-0.25, -0.2) is 4.39 Å². The maximum Gasteiger partial charge on any atom is 0.227 e. The lowest BCUT2D eigenvalue weighted by atomic mass is 10.2. The zero-order chi connectivity index (χ0) is 15.2. The van der Waals surface area contributed by atoms with E-state index < -0.39 is 0 Å². The lowest BCUT2D eigenvalue weighted by Gasteiger charge is -2.10. The number of carbonyl (C=O) groups excluding carboxylic acids is 1. The van der Waals surface area contributed by atoms with E-state index in [0.717, 1.165) is 0 Å². The molecule has 2 aromatic carbocycles. The van der Waals surface area contributed by atoms with E-state index in [0.29, 0.717) is 22.7 Å². The minimum Gasteiger partial charge on any atom is -0.491 e. The van der Waals surface area contributed by atoms with Crippen LogP contribution in [0.5, 0.6) is 5.75 Å². The van der Waals surface area contributed by atoms with Gasteiger partial charge in [-0.15, -0.1) is 0 Å². The number of nitrogen functional groups attached to an aromatic ring is 1. The predicted molar refractivity (Wildman–Crippen MR) is 80.7 cm³/mol. The first-order valence-electron chi connectivity index (χ1n) is 6.60. The third-order valence-electron chi connectivity index (χ3n) is 3.05. The minimum atomic E-state index is -0.346. The third-order valence-corrected chi connectivity index (χ3v) is 3.05. The van der Waals surface area contributed by atoms with Crippen LogP contribution < -0.4 is 15.8 Å². The highest BCUT2D eigenvalue weighted by atomic mass is 19.1. The molecule has 0 aliphatic rings. The fourth-order valence-corrected chi connectivity index (χ4v) is 1.82. The molecule has 0 fully saturated rings. The highest BCUT2D eigenvalue weighted by Gasteiger charge is 2.08. The van der Waals surface area contributed by atoms with Crippen molar-refractivity contribution in [1.29, 1.82) is 0 Å². The topological polar surface area (TPSA) is 64.3 Å². The van der Waals surface area contributed by atoms with Gasteiger partial charge in [0.2, 0.25) is 5.91 Å². The van der Waals surface area contributed by atoms with Gasteiger partial charge >= 0.3 is 0 Å². The number of carbonyl (C=O) groups is 1. The second kappa shape index (κ2) is 6.74. The van der Waals surface area contributed by atoms with Crippen LogP contribution in [0.1, 0.15) is 12.0 Å². The van der Waals surface area contributed by atoms with Gasteiger partial charge in [0.1, 0.15) is 11.6 Å². The molecule has 110 valence electrons. The summed E-state index contributed by atoms with van der Waals surface area (Å²) in [5.41, 5.74) is 7.14. The fraction of sp³-hybridized carbons (Fsp3) is 0.188. The molecule has 0 unspecified atom stereocenters. The van der Waals surface area contributed by atoms with Crippen LogP contribution in [-0.4, -0.2) is 12.5 Å². The average molecular weight is 288 g/mol. The molecule has 0 spiro atoms. The first-order chi connectivity index (χ1) is 10.1. The average Bonchev–Trinajstić information content (AvgIpc) is 2.46. The molecule has 0 atom stereocenters. The van der Waals surface area contributed by atoms with E-state index in [9.17, 15) is 9.18 Å². The second-order valence-corrected chi connectivity index (χ2v) is 4.60. The van der Waals surface area contributed by atoms with Crippen LogP contribution in [0.2, 0.25) is 0 Å². The molecule has 1 amide bonds. The Balaban J connectivity index is 1.85. The number of anilines is 2. The van der Waals surface area contributed by atoms with E-state index in [4.69, 9.17) is 10.5 Å². The van der Waals surface area contributed by atoms with Crippen molar-refractivity contribution in [3.8, 4) is 5.75 Å². The zero-order valence-corrected chi connectivity index (χ0v) is 11.7. The minimum absolute atomic E-state index is 0.157. The van der Waals surface area contributed by atoms with Gasteiger partial charge in [-0.2, -0.15) is 0 Å². The third kappa shape index (κ3) is 3.95. The molecule has 21 heavy (non-hydrogen) atoms. The van der Waals surface area contributed by atoms with Gasteiger partial charge in [-0.05, 0) is 31.2 Å². The summed E-state index contributed by atoms with van der Waals surface area (Å²) in [5, 5.41) is 2.66. The Morgan fingerprint density at radius 1 is 1.24 bits per heavy atom. The van der Waals surface area contributed by atoms with Gasteiger partial charge < -0.3 is 15.8 Å². The van der Waals surface area contributed by atoms with E-state index in [1.165, 1.54) is 6.07 Å². The summed E-state index contributed by atoms with van der Waals surface area (Å²) in [6.45, 7) is 1.82. The molecule has 3 N–H and O–H groups in total. The van der Waals surface area contributed by atoms with Gasteiger partial charge in [-0.1, -0.05) is 18.2 Å². The van der Waals surface area contributed by atoms with E-state index in [2.05, 4.69) is 5.32 Å². The molecule has 0 bridgehead atoms. The Morgan fingerprint density at radius 2 is 2.00 bits per heavy atom. The summed E-state index contributed by atoms with van der Waals surface area (Å²) in [6.07, 6.45) is 0.157.